The van der Waals surface area contributed by atoms with Crippen LogP contribution in [0.25, 0.3) is 0 Å². The molecule has 0 amide bonds. The van der Waals surface area contributed by atoms with E-state index in [1.807, 2.05) is 0 Å². The minimum Gasteiger partial charge on any atom is -0.370 e. The fourth-order valence-corrected chi connectivity index (χ4v) is 5.64. The van der Waals surface area contributed by atoms with Gasteiger partial charge in [0.05, 0.1) is 5.41 Å². The molecule has 1 saturated heterocycles. The average Bonchev–Trinajstić information content (AvgIpc) is 3.06. The molecule has 3 unspecified atom stereocenters. The summed E-state index contributed by atoms with van der Waals surface area (Å²) in [6.07, 6.45) is 3.27. The van der Waals surface area contributed by atoms with Gasteiger partial charge in [-0.15, -0.1) is 0 Å². The molecule has 6 heteroatoms. The molecule has 2 aliphatic heterocycles. The van der Waals surface area contributed by atoms with Crippen LogP contribution >= 0.6 is 0 Å². The number of likely N-dealkylation sites (tertiary alicyclic amines) is 1. The minimum absolute atomic E-state index is 0.175. The summed E-state index contributed by atoms with van der Waals surface area (Å²) in [6, 6.07) is 1.27. The number of nitrogens with two attached hydrogens (primary N) is 1. The summed E-state index contributed by atoms with van der Waals surface area (Å²) in [6.45, 7) is 4.24. The quantitative estimate of drug-likeness (QED) is 0.494. The van der Waals surface area contributed by atoms with E-state index >= 15 is 0 Å². The highest BCUT2D eigenvalue weighted by atomic mass is 32.2. The van der Waals surface area contributed by atoms with Gasteiger partial charge in [0.2, 0.25) is 0 Å². The Hall–Kier alpha value is -1.40. The Morgan fingerprint density at radius 3 is 2.68 bits per heavy atom. The number of nitrogens with zero attached hydrogens (tertiary/aromatic N) is 1. The van der Waals surface area contributed by atoms with E-state index in [1.165, 1.54) is 28.8 Å². The molecule has 1 aliphatic carbocycles. The van der Waals surface area contributed by atoms with Crippen molar-refractivity contribution < 1.29 is 13.2 Å². The van der Waals surface area contributed by atoms with Gasteiger partial charge in [0.25, 0.3) is 0 Å². The zero-order chi connectivity index (χ0) is 17.8. The fraction of sp³-hybridized carbons (Fsp3) is 0.474. The van der Waals surface area contributed by atoms with Gasteiger partial charge in [0, 0.05) is 60.6 Å². The summed E-state index contributed by atoms with van der Waals surface area (Å²) in [4.78, 5) is 2.37. The standard InChI is InChI=1S/C19H21F3N2S/c1-19-9-24(7-11(19)8-25-10-19)12-2-3-13(18(23)4-12)14-5-16(21)17(22)6-15(14)20/h2,5-6,8,13,18H,3-4,7,9-10,23H2,1H3/p+1. The van der Waals surface area contributed by atoms with E-state index in [1.54, 1.807) is 0 Å². The van der Waals surface area contributed by atoms with Crippen LogP contribution in [-0.2, 0) is 11.8 Å². The maximum atomic E-state index is 14.1. The molecule has 3 atom stereocenters. The van der Waals surface area contributed by atoms with Crippen LogP contribution in [0, 0.1) is 22.9 Å². The molecule has 1 aromatic carbocycles. The molecule has 134 valence electrons. The lowest BCUT2D eigenvalue weighted by Crippen LogP contribution is -2.36. The van der Waals surface area contributed by atoms with Gasteiger partial charge in [0.15, 0.2) is 11.6 Å². The van der Waals surface area contributed by atoms with Crippen LogP contribution in [0.5, 0.6) is 0 Å². The minimum atomic E-state index is -1.16. The van der Waals surface area contributed by atoms with Crippen molar-refractivity contribution in [1.82, 2.24) is 4.90 Å². The lowest BCUT2D eigenvalue weighted by atomic mass is 9.82. The molecule has 0 radical (unpaired) electrons. The van der Waals surface area contributed by atoms with Crippen molar-refractivity contribution in [2.24, 2.45) is 11.1 Å². The number of halogens is 3. The van der Waals surface area contributed by atoms with Gasteiger partial charge in [-0.05, 0) is 25.0 Å². The van der Waals surface area contributed by atoms with E-state index in [0.29, 0.717) is 18.9 Å². The zero-order valence-corrected chi connectivity index (χ0v) is 15.0. The number of rotatable bonds is 2. The molecule has 3 aliphatic rings. The first kappa shape index (κ1) is 17.0. The summed E-state index contributed by atoms with van der Waals surface area (Å²) in [5.41, 5.74) is 9.43. The summed E-state index contributed by atoms with van der Waals surface area (Å²) in [5.74, 6) is -2.06. The molecule has 0 aromatic heterocycles. The number of hydrogen-bond donors (Lipinski definition) is 1. The Labute approximate surface area is 149 Å². The number of thiol groups is 1. The Bertz CT molecular complexity index is 776. The second-order valence-electron chi connectivity index (χ2n) is 7.61. The van der Waals surface area contributed by atoms with Gasteiger partial charge < -0.3 is 10.6 Å². The van der Waals surface area contributed by atoms with Crippen molar-refractivity contribution in [3.8, 4) is 0 Å². The first-order valence-electron chi connectivity index (χ1n) is 8.57. The lowest BCUT2D eigenvalue weighted by Gasteiger charge is -2.34. The molecule has 2 heterocycles. The Balaban J connectivity index is 1.55. The normalized spacial score (nSPS) is 31.8. The lowest BCUT2D eigenvalue weighted by molar-refractivity contribution is 0.323. The molecular formula is C19H22F3N2S+. The summed E-state index contributed by atoms with van der Waals surface area (Å²) < 4.78 is 40.8. The Kier molecular flexibility index (Phi) is 4.15. The highest BCUT2D eigenvalue weighted by molar-refractivity contribution is 7.81. The van der Waals surface area contributed by atoms with Gasteiger partial charge in [0.1, 0.15) is 17.0 Å². The van der Waals surface area contributed by atoms with Crippen molar-refractivity contribution in [3.05, 3.63) is 57.9 Å². The van der Waals surface area contributed by atoms with Gasteiger partial charge in [-0.1, -0.05) is 6.08 Å². The molecule has 0 saturated carbocycles. The maximum Gasteiger partial charge on any atom is 0.161 e. The molecule has 0 bridgehead atoms. The van der Waals surface area contributed by atoms with Gasteiger partial charge in [-0.2, -0.15) is 0 Å². The van der Waals surface area contributed by atoms with Crippen molar-refractivity contribution in [1.29, 1.82) is 0 Å². The summed E-state index contributed by atoms with van der Waals surface area (Å²) in [7, 11) is 0. The maximum absolute atomic E-state index is 14.1. The molecule has 0 spiro atoms. The Morgan fingerprint density at radius 1 is 1.20 bits per heavy atom. The Morgan fingerprint density at radius 2 is 1.96 bits per heavy atom. The second-order valence-corrected chi connectivity index (χ2v) is 8.54. The number of hydrogen-bond acceptors (Lipinski definition) is 2. The predicted molar refractivity (Wildman–Crippen MR) is 95.7 cm³/mol. The molecule has 2 N–H and O–H groups in total. The first-order valence-corrected chi connectivity index (χ1v) is 9.72. The smallest absolute Gasteiger partial charge is 0.161 e. The summed E-state index contributed by atoms with van der Waals surface area (Å²) in [5, 5.41) is 2.32. The van der Waals surface area contributed by atoms with Gasteiger partial charge in [-0.25, -0.2) is 13.2 Å². The molecule has 2 nitrogen and oxygen atoms in total. The largest absolute Gasteiger partial charge is 0.370 e. The van der Waals surface area contributed by atoms with E-state index in [0.717, 1.165) is 19.2 Å². The summed E-state index contributed by atoms with van der Waals surface area (Å²) >= 11 is 1.40. The predicted octanol–water partition coefficient (Wildman–Crippen LogP) is 3.23. The third-order valence-electron chi connectivity index (χ3n) is 5.78. The van der Waals surface area contributed by atoms with E-state index in [9.17, 15) is 13.2 Å². The second kappa shape index (κ2) is 6.09. The van der Waals surface area contributed by atoms with Crippen molar-refractivity contribution in [2.75, 3.05) is 18.8 Å². The highest BCUT2D eigenvalue weighted by Crippen LogP contribution is 2.43. The fourth-order valence-electron chi connectivity index (χ4n) is 4.23. The van der Waals surface area contributed by atoms with Crippen LogP contribution in [-0.4, -0.2) is 29.8 Å². The van der Waals surface area contributed by atoms with Crippen LogP contribution in [0.3, 0.4) is 0 Å². The van der Waals surface area contributed by atoms with Crippen LogP contribution in [0.15, 0.2) is 34.9 Å². The zero-order valence-electron chi connectivity index (χ0n) is 14.1. The molecule has 1 fully saturated rings. The van der Waals surface area contributed by atoms with Gasteiger partial charge >= 0.3 is 0 Å². The van der Waals surface area contributed by atoms with E-state index < -0.39 is 17.5 Å². The highest BCUT2D eigenvalue weighted by Gasteiger charge is 2.46. The van der Waals surface area contributed by atoms with Crippen molar-refractivity contribution in [3.63, 3.8) is 0 Å². The van der Waals surface area contributed by atoms with E-state index in [2.05, 4.69) is 23.3 Å². The molecule has 1 aromatic rings. The van der Waals surface area contributed by atoms with Crippen LogP contribution in [0.4, 0.5) is 13.2 Å². The molecular weight excluding hydrogens is 345 g/mol. The topological polar surface area (TPSA) is 29.3 Å². The number of fused-ring (bicyclic) bond motifs is 1. The van der Waals surface area contributed by atoms with Crippen molar-refractivity contribution >= 4 is 11.8 Å². The third-order valence-corrected chi connectivity index (χ3v) is 7.15. The van der Waals surface area contributed by atoms with Gasteiger partial charge in [-0.3, -0.25) is 0 Å². The SMILES string of the molecule is CC12C[SH+]C=C1CN(C1=CCC(c3cc(F)c(F)cc3F)C(N)C1)C2. The average molecular weight is 367 g/mol. The van der Waals surface area contributed by atoms with E-state index in [4.69, 9.17) is 5.73 Å². The van der Waals surface area contributed by atoms with E-state index in [-0.39, 0.29) is 22.9 Å². The third kappa shape index (κ3) is 2.89. The number of allylic oxidation sites excluding steroid dienone is 1. The first-order chi connectivity index (χ1) is 11.9. The number of benzene rings is 1. The monoisotopic (exact) mass is 367 g/mol. The van der Waals surface area contributed by atoms with Crippen LogP contribution in [0.2, 0.25) is 0 Å². The van der Waals surface area contributed by atoms with Crippen LogP contribution < -0.4 is 5.73 Å². The molecule has 4 rings (SSSR count). The van der Waals surface area contributed by atoms with Crippen LogP contribution in [0.1, 0.15) is 31.2 Å². The van der Waals surface area contributed by atoms with Crippen molar-refractivity contribution in [2.45, 2.75) is 31.7 Å². The molecule has 25 heavy (non-hydrogen) atoms.